The summed E-state index contributed by atoms with van der Waals surface area (Å²) < 4.78 is 10.1. The number of para-hydroxylation sites is 4. The van der Waals surface area contributed by atoms with Gasteiger partial charge in [0.15, 0.2) is 11.5 Å². The Labute approximate surface area is 357 Å². The predicted molar refractivity (Wildman–Crippen MR) is 230 cm³/mol. The first-order valence-electron chi connectivity index (χ1n) is 15.1. The van der Waals surface area contributed by atoms with Gasteiger partial charge < -0.3 is 9.84 Å². The second-order valence-electron chi connectivity index (χ2n) is 10.9. The minimum atomic E-state index is -0.467. The van der Waals surface area contributed by atoms with Crippen molar-refractivity contribution >= 4 is 163 Å². The number of aromatic hydroxyl groups is 1. The van der Waals surface area contributed by atoms with Crippen LogP contribution in [0.5, 0.6) is 11.5 Å². The number of rotatable bonds is 3. The van der Waals surface area contributed by atoms with Crippen LogP contribution in [0.3, 0.4) is 0 Å². The van der Waals surface area contributed by atoms with Crippen LogP contribution >= 0.6 is 107 Å². The van der Waals surface area contributed by atoms with Crippen molar-refractivity contribution in [2.75, 3.05) is 0 Å². The first-order chi connectivity index (χ1) is 25.4. The molecule has 8 aromatic rings. The molecule has 53 heavy (non-hydrogen) atoms. The summed E-state index contributed by atoms with van der Waals surface area (Å²) in [6.07, 6.45) is 0. The van der Waals surface area contributed by atoms with Crippen LogP contribution in [-0.2, 0) is 0 Å². The monoisotopic (exact) mass is 1100 g/mol. The third-order valence-electron chi connectivity index (χ3n) is 7.29. The van der Waals surface area contributed by atoms with Crippen LogP contribution in [0.4, 0.5) is 0 Å². The Balaban J connectivity index is 0.000000152. The minimum absolute atomic E-state index is 0.112. The number of benzene rings is 6. The van der Waals surface area contributed by atoms with Gasteiger partial charge in [0.1, 0.15) is 22.1 Å². The van der Waals surface area contributed by atoms with E-state index in [1.54, 1.807) is 48.5 Å². The second kappa shape index (κ2) is 17.4. The fourth-order valence-electron chi connectivity index (χ4n) is 4.85. The molecule has 0 saturated carbocycles. The molecular formula is C38H19Br6ClN4O4. The highest BCUT2D eigenvalue weighted by molar-refractivity contribution is 9.11. The number of aromatic nitrogens is 4. The van der Waals surface area contributed by atoms with Gasteiger partial charge in [-0.15, -0.1) is 0 Å². The van der Waals surface area contributed by atoms with Crippen molar-refractivity contribution in [3.8, 4) is 11.5 Å². The number of hydrogen-bond acceptors (Lipinski definition) is 8. The molecule has 0 atom stereocenters. The highest BCUT2D eigenvalue weighted by atomic mass is 79.9. The molecular weight excluding hydrogens is 1090 g/mol. The van der Waals surface area contributed by atoms with Gasteiger partial charge in [-0.1, -0.05) is 74.3 Å². The lowest BCUT2D eigenvalue weighted by Gasteiger charge is -2.11. The van der Waals surface area contributed by atoms with Gasteiger partial charge in [-0.2, -0.15) is 0 Å². The van der Waals surface area contributed by atoms with Gasteiger partial charge in [-0.3, -0.25) is 4.79 Å². The average molecular weight is 1110 g/mol. The second-order valence-corrected chi connectivity index (χ2v) is 16.5. The molecule has 0 saturated heterocycles. The zero-order valence-corrected chi connectivity index (χ0v) is 36.8. The van der Waals surface area contributed by atoms with Gasteiger partial charge in [-0.25, -0.2) is 24.7 Å². The van der Waals surface area contributed by atoms with Crippen molar-refractivity contribution in [3.05, 3.63) is 147 Å². The van der Waals surface area contributed by atoms with Crippen LogP contribution in [-0.4, -0.2) is 36.3 Å². The largest absolute Gasteiger partial charge is 0.504 e. The van der Waals surface area contributed by atoms with E-state index in [9.17, 15) is 14.7 Å². The lowest BCUT2D eigenvalue weighted by atomic mass is 10.2. The quantitative estimate of drug-likeness (QED) is 0.0805. The molecule has 8 nitrogen and oxygen atoms in total. The number of phenolic OH excluding ortho intramolecular Hbond substituents is 1. The third-order valence-corrected chi connectivity index (χ3v) is 10.9. The van der Waals surface area contributed by atoms with E-state index in [0.29, 0.717) is 47.9 Å². The predicted octanol–water partition coefficient (Wildman–Crippen LogP) is 13.1. The SMILES string of the molecule is O=C(Cl)c1cccc(Br)c1.O=C(Oc1c(Br)cc(Br)c2nc3ccccc3nc12)c1cccc(Br)c1.Oc1c(Br)cc(Br)c2nc3ccccc3nc12. The topological polar surface area (TPSA) is 115 Å². The smallest absolute Gasteiger partial charge is 0.343 e. The summed E-state index contributed by atoms with van der Waals surface area (Å²) in [7, 11) is 0. The molecule has 15 heteroatoms. The van der Waals surface area contributed by atoms with Crippen molar-refractivity contribution in [1.82, 2.24) is 19.9 Å². The highest BCUT2D eigenvalue weighted by Crippen LogP contribution is 2.39. The molecule has 0 aliphatic carbocycles. The molecule has 0 bridgehead atoms. The van der Waals surface area contributed by atoms with Gasteiger partial charge in [0.2, 0.25) is 0 Å². The van der Waals surface area contributed by atoms with Gasteiger partial charge in [0, 0.05) is 23.5 Å². The molecule has 0 fully saturated rings. The molecule has 0 amide bonds. The zero-order valence-electron chi connectivity index (χ0n) is 26.5. The van der Waals surface area contributed by atoms with Crippen LogP contribution in [0.2, 0.25) is 0 Å². The van der Waals surface area contributed by atoms with Gasteiger partial charge in [0.25, 0.3) is 5.24 Å². The van der Waals surface area contributed by atoms with E-state index < -0.39 is 11.2 Å². The van der Waals surface area contributed by atoms with E-state index in [4.69, 9.17) is 16.3 Å². The van der Waals surface area contributed by atoms with E-state index >= 15 is 0 Å². The summed E-state index contributed by atoms with van der Waals surface area (Å²) in [6.45, 7) is 0. The number of carbonyl (C=O) groups excluding carboxylic acids is 2. The maximum Gasteiger partial charge on any atom is 0.343 e. The van der Waals surface area contributed by atoms with Crippen molar-refractivity contribution in [1.29, 1.82) is 0 Å². The number of ether oxygens (including phenoxy) is 1. The molecule has 0 spiro atoms. The number of halogens is 7. The van der Waals surface area contributed by atoms with E-state index in [1.165, 1.54) is 0 Å². The first-order valence-corrected chi connectivity index (χ1v) is 20.2. The van der Waals surface area contributed by atoms with Gasteiger partial charge in [-0.05, 0) is 142 Å². The fourth-order valence-corrected chi connectivity index (χ4v) is 8.31. The van der Waals surface area contributed by atoms with Crippen LogP contribution in [0.15, 0.2) is 136 Å². The van der Waals surface area contributed by atoms with Crippen LogP contribution in [0.1, 0.15) is 20.7 Å². The normalized spacial score (nSPS) is 10.8. The molecule has 2 heterocycles. The number of nitrogens with zero attached hydrogens (tertiary/aromatic N) is 4. The van der Waals surface area contributed by atoms with E-state index in [-0.39, 0.29) is 5.75 Å². The lowest BCUT2D eigenvalue weighted by molar-refractivity contribution is 0.0735. The fraction of sp³-hybridized carbons (Fsp3) is 0. The molecule has 8 rings (SSSR count). The summed E-state index contributed by atoms with van der Waals surface area (Å²) in [5.74, 6) is -0.0153. The molecule has 264 valence electrons. The van der Waals surface area contributed by atoms with Crippen molar-refractivity contribution in [3.63, 3.8) is 0 Å². The number of phenols is 1. The number of carbonyl (C=O) groups is 2. The zero-order chi connectivity index (χ0) is 37.8. The number of esters is 1. The lowest BCUT2D eigenvalue weighted by Crippen LogP contribution is -2.09. The molecule has 6 aromatic carbocycles. The third kappa shape index (κ3) is 9.30. The molecule has 0 aliphatic heterocycles. The summed E-state index contributed by atoms with van der Waals surface area (Å²) in [6, 6.07) is 32.7. The Hall–Kier alpha value is -3.37. The van der Waals surface area contributed by atoms with E-state index in [0.717, 1.165) is 40.0 Å². The Morgan fingerprint density at radius 2 is 0.943 bits per heavy atom. The van der Waals surface area contributed by atoms with Crippen LogP contribution < -0.4 is 4.74 Å². The first kappa shape index (κ1) is 39.3. The van der Waals surface area contributed by atoms with Crippen LogP contribution in [0, 0.1) is 0 Å². The molecule has 2 aromatic heterocycles. The Bertz CT molecular complexity index is 2720. The molecule has 0 radical (unpaired) electrons. The molecule has 0 unspecified atom stereocenters. The minimum Gasteiger partial charge on any atom is -0.504 e. The molecule has 1 N–H and O–H groups in total. The Morgan fingerprint density at radius 1 is 0.509 bits per heavy atom. The van der Waals surface area contributed by atoms with Crippen LogP contribution in [0.25, 0.3) is 44.1 Å². The average Bonchev–Trinajstić information content (AvgIpc) is 3.15. The van der Waals surface area contributed by atoms with Gasteiger partial charge >= 0.3 is 5.97 Å². The Kier molecular flexibility index (Phi) is 12.9. The van der Waals surface area contributed by atoms with Gasteiger partial charge in [0.05, 0.1) is 36.6 Å². The van der Waals surface area contributed by atoms with Crippen molar-refractivity contribution in [2.24, 2.45) is 0 Å². The standard InChI is InChI=1S/C19H9Br3N2O2.C12H6Br2N2O.C7H4BrClO/c20-11-5-3-4-10(8-11)19(25)26-18-13(22)9-12(21)16-17(18)24-15-7-2-1-6-14(15)23-16;13-6-5-7(14)12(17)11-10(6)15-8-3-1-2-4-9(8)16-11;8-6-3-1-2-5(4-6)7(9)10/h1-9H;1-5,17H;1-4H. The summed E-state index contributed by atoms with van der Waals surface area (Å²) in [5.41, 5.74) is 6.30. The summed E-state index contributed by atoms with van der Waals surface area (Å²) in [4.78, 5) is 41.3. The maximum atomic E-state index is 12.6. The van der Waals surface area contributed by atoms with Crippen molar-refractivity contribution in [2.45, 2.75) is 0 Å². The molecule has 0 aliphatic rings. The summed E-state index contributed by atoms with van der Waals surface area (Å²) in [5, 5.41) is 9.54. The maximum absolute atomic E-state index is 12.6. The highest BCUT2D eigenvalue weighted by Gasteiger charge is 2.19. The number of fused-ring (bicyclic) bond motifs is 4. The Morgan fingerprint density at radius 3 is 1.43 bits per heavy atom. The van der Waals surface area contributed by atoms with E-state index in [1.807, 2.05) is 60.7 Å². The summed E-state index contributed by atoms with van der Waals surface area (Å²) >= 11 is 25.5. The van der Waals surface area contributed by atoms with E-state index in [2.05, 4.69) is 116 Å². The number of hydrogen-bond donors (Lipinski definition) is 1. The van der Waals surface area contributed by atoms with Crippen molar-refractivity contribution < 1.29 is 19.4 Å².